The molecule has 0 spiro atoms. The Kier molecular flexibility index (Phi) is 3.87. The first-order valence-corrected chi connectivity index (χ1v) is 6.15. The number of pyridine rings is 1. The minimum atomic E-state index is 0.426. The number of anilines is 2. The lowest BCUT2D eigenvalue weighted by Crippen LogP contribution is -1.99. The maximum absolute atomic E-state index is 6.07. The van der Waals surface area contributed by atoms with E-state index in [1.807, 2.05) is 37.3 Å². The third kappa shape index (κ3) is 2.71. The SMILES string of the molecule is Cc1c(Cl)cccc1Nc1ncccc1CCl. The summed E-state index contributed by atoms with van der Waals surface area (Å²) in [6, 6.07) is 9.55. The van der Waals surface area contributed by atoms with Gasteiger partial charge in [0.2, 0.25) is 0 Å². The average Bonchev–Trinajstić information content (AvgIpc) is 2.35. The van der Waals surface area contributed by atoms with Crippen molar-refractivity contribution >= 4 is 34.7 Å². The van der Waals surface area contributed by atoms with Gasteiger partial charge >= 0.3 is 0 Å². The first-order valence-electron chi connectivity index (χ1n) is 5.24. The van der Waals surface area contributed by atoms with Gasteiger partial charge in [-0.1, -0.05) is 23.7 Å². The second-order valence-electron chi connectivity index (χ2n) is 3.68. The molecule has 88 valence electrons. The molecule has 2 rings (SSSR count). The van der Waals surface area contributed by atoms with E-state index < -0.39 is 0 Å². The second-order valence-corrected chi connectivity index (χ2v) is 4.36. The summed E-state index contributed by atoms with van der Waals surface area (Å²) in [5, 5.41) is 3.99. The normalized spacial score (nSPS) is 10.3. The highest BCUT2D eigenvalue weighted by Crippen LogP contribution is 2.26. The Morgan fingerprint density at radius 1 is 1.24 bits per heavy atom. The summed E-state index contributed by atoms with van der Waals surface area (Å²) in [5.41, 5.74) is 2.91. The van der Waals surface area contributed by atoms with Gasteiger partial charge in [-0.3, -0.25) is 0 Å². The van der Waals surface area contributed by atoms with Gasteiger partial charge in [0, 0.05) is 22.5 Å². The van der Waals surface area contributed by atoms with Crippen LogP contribution in [-0.4, -0.2) is 4.98 Å². The fourth-order valence-corrected chi connectivity index (χ4v) is 1.92. The van der Waals surface area contributed by atoms with E-state index in [0.717, 1.165) is 27.7 Å². The van der Waals surface area contributed by atoms with Crippen LogP contribution in [0.5, 0.6) is 0 Å². The molecule has 0 radical (unpaired) electrons. The van der Waals surface area contributed by atoms with Crippen molar-refractivity contribution in [2.24, 2.45) is 0 Å². The number of nitrogens with one attached hydrogen (secondary N) is 1. The molecule has 2 nitrogen and oxygen atoms in total. The van der Waals surface area contributed by atoms with Crippen molar-refractivity contribution in [3.63, 3.8) is 0 Å². The molecule has 0 aliphatic rings. The molecule has 0 aliphatic heterocycles. The van der Waals surface area contributed by atoms with Crippen molar-refractivity contribution in [3.8, 4) is 0 Å². The van der Waals surface area contributed by atoms with E-state index in [4.69, 9.17) is 23.2 Å². The lowest BCUT2D eigenvalue weighted by atomic mass is 10.2. The van der Waals surface area contributed by atoms with Gasteiger partial charge in [-0.25, -0.2) is 4.98 Å². The summed E-state index contributed by atoms with van der Waals surface area (Å²) in [4.78, 5) is 4.28. The average molecular weight is 267 g/mol. The Morgan fingerprint density at radius 3 is 2.82 bits per heavy atom. The van der Waals surface area contributed by atoms with Crippen LogP contribution in [-0.2, 0) is 5.88 Å². The van der Waals surface area contributed by atoms with Crippen LogP contribution in [0.25, 0.3) is 0 Å². The molecule has 1 aromatic carbocycles. The van der Waals surface area contributed by atoms with Gasteiger partial charge < -0.3 is 5.32 Å². The van der Waals surface area contributed by atoms with Crippen LogP contribution in [0.2, 0.25) is 5.02 Å². The van der Waals surface area contributed by atoms with Gasteiger partial charge in [-0.15, -0.1) is 11.6 Å². The molecule has 1 heterocycles. The van der Waals surface area contributed by atoms with Crippen molar-refractivity contribution in [2.75, 3.05) is 5.32 Å². The summed E-state index contributed by atoms with van der Waals surface area (Å²) in [5.74, 6) is 1.20. The smallest absolute Gasteiger partial charge is 0.134 e. The van der Waals surface area contributed by atoms with E-state index in [-0.39, 0.29) is 0 Å². The summed E-state index contributed by atoms with van der Waals surface area (Å²) >= 11 is 11.9. The minimum Gasteiger partial charge on any atom is -0.340 e. The molecular weight excluding hydrogens is 255 g/mol. The van der Waals surface area contributed by atoms with Crippen LogP contribution in [0.1, 0.15) is 11.1 Å². The van der Waals surface area contributed by atoms with Crippen molar-refractivity contribution in [3.05, 3.63) is 52.7 Å². The zero-order valence-electron chi connectivity index (χ0n) is 9.37. The molecule has 0 saturated carbocycles. The zero-order valence-corrected chi connectivity index (χ0v) is 10.9. The van der Waals surface area contributed by atoms with Gasteiger partial charge in [-0.05, 0) is 30.7 Å². The molecule has 1 N–H and O–H groups in total. The number of hydrogen-bond donors (Lipinski definition) is 1. The van der Waals surface area contributed by atoms with Crippen molar-refractivity contribution in [2.45, 2.75) is 12.8 Å². The van der Waals surface area contributed by atoms with E-state index in [2.05, 4.69) is 10.3 Å². The summed E-state index contributed by atoms with van der Waals surface area (Å²) in [6.45, 7) is 1.97. The fraction of sp³-hybridized carbons (Fsp3) is 0.154. The van der Waals surface area contributed by atoms with Crippen LogP contribution in [0.3, 0.4) is 0 Å². The molecule has 0 atom stereocenters. The molecule has 0 bridgehead atoms. The lowest BCUT2D eigenvalue weighted by molar-refractivity contribution is 1.23. The third-order valence-electron chi connectivity index (χ3n) is 2.56. The predicted octanol–water partition coefficient (Wildman–Crippen LogP) is 4.53. The van der Waals surface area contributed by atoms with Crippen LogP contribution < -0.4 is 5.32 Å². The topological polar surface area (TPSA) is 24.9 Å². The standard InChI is InChI=1S/C13H12Cl2N2/c1-9-11(15)5-2-6-12(9)17-13-10(8-14)4-3-7-16-13/h2-7H,8H2,1H3,(H,16,17). The van der Waals surface area contributed by atoms with Crippen LogP contribution in [0.15, 0.2) is 36.5 Å². The van der Waals surface area contributed by atoms with Crippen LogP contribution >= 0.6 is 23.2 Å². The summed E-state index contributed by atoms with van der Waals surface area (Å²) in [6.07, 6.45) is 1.73. The van der Waals surface area contributed by atoms with Crippen LogP contribution in [0, 0.1) is 6.92 Å². The van der Waals surface area contributed by atoms with Crippen molar-refractivity contribution in [1.82, 2.24) is 4.98 Å². The van der Waals surface area contributed by atoms with Gasteiger partial charge in [0.25, 0.3) is 0 Å². The second kappa shape index (κ2) is 5.39. The molecule has 4 heteroatoms. The number of benzene rings is 1. The van der Waals surface area contributed by atoms with Gasteiger partial charge in [0.05, 0.1) is 5.88 Å². The maximum atomic E-state index is 6.07. The molecule has 2 aromatic rings. The number of aromatic nitrogens is 1. The van der Waals surface area contributed by atoms with Gasteiger partial charge in [-0.2, -0.15) is 0 Å². The fourth-order valence-electron chi connectivity index (χ4n) is 1.53. The van der Waals surface area contributed by atoms with Crippen molar-refractivity contribution in [1.29, 1.82) is 0 Å². The highest BCUT2D eigenvalue weighted by molar-refractivity contribution is 6.31. The summed E-state index contributed by atoms with van der Waals surface area (Å²) in [7, 11) is 0. The van der Waals surface area contributed by atoms with Gasteiger partial charge in [0.1, 0.15) is 5.82 Å². The Morgan fingerprint density at radius 2 is 2.06 bits per heavy atom. The molecule has 17 heavy (non-hydrogen) atoms. The third-order valence-corrected chi connectivity index (χ3v) is 3.25. The molecule has 0 unspecified atom stereocenters. The van der Waals surface area contributed by atoms with E-state index in [9.17, 15) is 0 Å². The first kappa shape index (κ1) is 12.2. The highest BCUT2D eigenvalue weighted by Gasteiger charge is 2.06. The Labute approximate surface area is 111 Å². The van der Waals surface area contributed by atoms with E-state index in [1.165, 1.54) is 0 Å². The van der Waals surface area contributed by atoms with Crippen LogP contribution in [0.4, 0.5) is 11.5 Å². The van der Waals surface area contributed by atoms with E-state index in [1.54, 1.807) is 6.20 Å². The Bertz CT molecular complexity index is 527. The molecular formula is C13H12Cl2N2. The predicted molar refractivity (Wildman–Crippen MR) is 73.3 cm³/mol. The number of rotatable bonds is 3. The molecule has 0 aliphatic carbocycles. The Balaban J connectivity index is 2.35. The number of nitrogens with zero attached hydrogens (tertiary/aromatic N) is 1. The molecule has 0 amide bonds. The number of alkyl halides is 1. The molecule has 1 aromatic heterocycles. The quantitative estimate of drug-likeness (QED) is 0.826. The Hall–Kier alpha value is -1.25. The minimum absolute atomic E-state index is 0.426. The van der Waals surface area contributed by atoms with Crippen molar-refractivity contribution < 1.29 is 0 Å². The summed E-state index contributed by atoms with van der Waals surface area (Å²) < 4.78 is 0. The molecule has 0 saturated heterocycles. The highest BCUT2D eigenvalue weighted by atomic mass is 35.5. The first-order chi connectivity index (χ1) is 8.22. The van der Waals surface area contributed by atoms with E-state index >= 15 is 0 Å². The van der Waals surface area contributed by atoms with E-state index in [0.29, 0.717) is 5.88 Å². The lowest BCUT2D eigenvalue weighted by Gasteiger charge is -2.12. The largest absolute Gasteiger partial charge is 0.340 e. The monoisotopic (exact) mass is 266 g/mol. The van der Waals surface area contributed by atoms with Gasteiger partial charge in [0.15, 0.2) is 0 Å². The number of halogens is 2. The maximum Gasteiger partial charge on any atom is 0.134 e. The molecule has 0 fully saturated rings. The number of hydrogen-bond acceptors (Lipinski definition) is 2. The zero-order chi connectivity index (χ0) is 12.3.